The molecule has 1 aromatic carbocycles. The van der Waals surface area contributed by atoms with Crippen molar-refractivity contribution in [2.75, 3.05) is 0 Å². The molecule has 4 heteroatoms. The summed E-state index contributed by atoms with van der Waals surface area (Å²) in [5, 5.41) is 9.74. The average molecular weight is 214 g/mol. The number of hydrogen-bond acceptors (Lipinski definition) is 2. The van der Waals surface area contributed by atoms with E-state index >= 15 is 0 Å². The summed E-state index contributed by atoms with van der Waals surface area (Å²) in [6.07, 6.45) is -0.440. The van der Waals surface area contributed by atoms with Gasteiger partial charge in [-0.25, -0.2) is 4.39 Å². The second-order valence-electron chi connectivity index (χ2n) is 4.36. The molecule has 1 heterocycles. The Kier molecular flexibility index (Phi) is 2.19. The molecule has 1 atom stereocenters. The number of ether oxygens (including phenoxy) is 1. The second-order valence-corrected chi connectivity index (χ2v) is 4.36. The van der Waals surface area contributed by atoms with E-state index in [2.05, 4.69) is 0 Å². The highest BCUT2D eigenvalue weighted by atomic mass is 19.2. The third-order valence-corrected chi connectivity index (χ3v) is 2.50. The fraction of sp³-hybridized carbons (Fsp3) is 0.455. The molecule has 0 saturated carbocycles. The average Bonchev–Trinajstić information content (AvgIpc) is 2.10. The number of fused-ring (bicyclic) bond motifs is 1. The summed E-state index contributed by atoms with van der Waals surface area (Å²) in [6.45, 7) is 3.45. The van der Waals surface area contributed by atoms with Gasteiger partial charge in [-0.1, -0.05) is 0 Å². The molecule has 82 valence electrons. The Morgan fingerprint density at radius 2 is 2.07 bits per heavy atom. The molecule has 0 bridgehead atoms. The highest BCUT2D eigenvalue weighted by molar-refractivity contribution is 5.39. The SMILES string of the molecule is CC1(C)CC(O)c2ccc(F)c(F)c2O1. The van der Waals surface area contributed by atoms with E-state index in [4.69, 9.17) is 4.74 Å². The van der Waals surface area contributed by atoms with Gasteiger partial charge in [-0.3, -0.25) is 0 Å². The van der Waals surface area contributed by atoms with E-state index in [9.17, 15) is 13.9 Å². The van der Waals surface area contributed by atoms with E-state index in [0.717, 1.165) is 6.07 Å². The van der Waals surface area contributed by atoms with Gasteiger partial charge in [-0.05, 0) is 26.0 Å². The standard InChI is InChI=1S/C11H12F2O2/c1-11(2)5-8(14)6-3-4-7(12)9(13)10(6)15-11/h3-4,8,14H,5H2,1-2H3. The Labute approximate surface area is 86.5 Å². The molecule has 2 nitrogen and oxygen atoms in total. The Hall–Kier alpha value is -1.16. The molecule has 15 heavy (non-hydrogen) atoms. The van der Waals surface area contributed by atoms with Crippen molar-refractivity contribution in [1.29, 1.82) is 0 Å². The van der Waals surface area contributed by atoms with Gasteiger partial charge >= 0.3 is 0 Å². The quantitative estimate of drug-likeness (QED) is 0.719. The van der Waals surface area contributed by atoms with Crippen molar-refractivity contribution in [2.24, 2.45) is 0 Å². The van der Waals surface area contributed by atoms with Crippen molar-refractivity contribution in [3.8, 4) is 5.75 Å². The molecule has 0 spiro atoms. The first-order valence-electron chi connectivity index (χ1n) is 4.76. The van der Waals surface area contributed by atoms with Crippen molar-refractivity contribution in [1.82, 2.24) is 0 Å². The minimum Gasteiger partial charge on any atom is -0.484 e. The number of aliphatic hydroxyl groups excluding tert-OH is 1. The van der Waals surface area contributed by atoms with Crippen LogP contribution in [0.25, 0.3) is 0 Å². The largest absolute Gasteiger partial charge is 0.484 e. The van der Waals surface area contributed by atoms with Crippen LogP contribution < -0.4 is 4.74 Å². The molecule has 1 N–H and O–H groups in total. The van der Waals surface area contributed by atoms with Gasteiger partial charge in [0.25, 0.3) is 0 Å². The van der Waals surface area contributed by atoms with Crippen LogP contribution in [0.5, 0.6) is 5.75 Å². The summed E-state index contributed by atoms with van der Waals surface area (Å²) < 4.78 is 31.7. The molecule has 1 aliphatic heterocycles. The van der Waals surface area contributed by atoms with Crippen LogP contribution in [0.3, 0.4) is 0 Å². The Balaban J connectivity index is 2.56. The first kappa shape index (κ1) is 10.4. The third kappa shape index (κ3) is 1.69. The van der Waals surface area contributed by atoms with E-state index in [1.807, 2.05) is 0 Å². The summed E-state index contributed by atoms with van der Waals surface area (Å²) in [6, 6.07) is 2.35. The molecular formula is C11H12F2O2. The minimum atomic E-state index is -1.03. The fourth-order valence-corrected chi connectivity index (χ4v) is 1.81. The summed E-state index contributed by atoms with van der Waals surface area (Å²) >= 11 is 0. The van der Waals surface area contributed by atoms with Crippen LogP contribution in [-0.4, -0.2) is 10.7 Å². The molecule has 1 aromatic rings. The first-order valence-corrected chi connectivity index (χ1v) is 4.76. The lowest BCUT2D eigenvalue weighted by molar-refractivity contribution is 0.00735. The number of hydrogen-bond donors (Lipinski definition) is 1. The number of rotatable bonds is 0. The van der Waals surface area contributed by atoms with Crippen molar-refractivity contribution >= 4 is 0 Å². The van der Waals surface area contributed by atoms with Crippen LogP contribution in [0.4, 0.5) is 8.78 Å². The molecule has 1 aliphatic rings. The van der Waals surface area contributed by atoms with Crippen molar-refractivity contribution in [3.63, 3.8) is 0 Å². The highest BCUT2D eigenvalue weighted by Crippen LogP contribution is 2.41. The normalized spacial score (nSPS) is 23.1. The summed E-state index contributed by atoms with van der Waals surface area (Å²) in [5.74, 6) is -2.16. The Morgan fingerprint density at radius 1 is 1.40 bits per heavy atom. The van der Waals surface area contributed by atoms with Gasteiger partial charge in [-0.15, -0.1) is 0 Å². The maximum absolute atomic E-state index is 13.4. The molecule has 0 amide bonds. The fourth-order valence-electron chi connectivity index (χ4n) is 1.81. The van der Waals surface area contributed by atoms with Gasteiger partial charge in [0.1, 0.15) is 5.60 Å². The van der Waals surface area contributed by atoms with Gasteiger partial charge in [-0.2, -0.15) is 4.39 Å². The summed E-state index contributed by atoms with van der Waals surface area (Å²) in [7, 11) is 0. The summed E-state index contributed by atoms with van der Waals surface area (Å²) in [5.41, 5.74) is -0.366. The lowest BCUT2D eigenvalue weighted by Crippen LogP contribution is -2.35. The van der Waals surface area contributed by atoms with E-state index in [0.29, 0.717) is 12.0 Å². The zero-order chi connectivity index (χ0) is 11.2. The van der Waals surface area contributed by atoms with E-state index in [-0.39, 0.29) is 5.75 Å². The molecule has 0 radical (unpaired) electrons. The van der Waals surface area contributed by atoms with Crippen LogP contribution in [-0.2, 0) is 0 Å². The van der Waals surface area contributed by atoms with Crippen LogP contribution in [0.2, 0.25) is 0 Å². The number of aliphatic hydroxyl groups is 1. The monoisotopic (exact) mass is 214 g/mol. The van der Waals surface area contributed by atoms with Gasteiger partial charge in [0.05, 0.1) is 6.10 Å². The van der Waals surface area contributed by atoms with Gasteiger partial charge in [0, 0.05) is 12.0 Å². The van der Waals surface area contributed by atoms with Gasteiger partial charge < -0.3 is 9.84 Å². The summed E-state index contributed by atoms with van der Waals surface area (Å²) in [4.78, 5) is 0. The van der Waals surface area contributed by atoms with Crippen molar-refractivity contribution in [2.45, 2.75) is 32.0 Å². The molecule has 1 unspecified atom stereocenters. The van der Waals surface area contributed by atoms with Gasteiger partial charge in [0.15, 0.2) is 11.6 Å². The van der Waals surface area contributed by atoms with Crippen LogP contribution in [0.1, 0.15) is 31.9 Å². The zero-order valence-electron chi connectivity index (χ0n) is 8.55. The molecular weight excluding hydrogens is 202 g/mol. The lowest BCUT2D eigenvalue weighted by atomic mass is 9.91. The van der Waals surface area contributed by atoms with Crippen LogP contribution in [0.15, 0.2) is 12.1 Å². The zero-order valence-corrected chi connectivity index (χ0v) is 8.55. The van der Waals surface area contributed by atoms with E-state index in [1.165, 1.54) is 6.07 Å². The van der Waals surface area contributed by atoms with E-state index in [1.54, 1.807) is 13.8 Å². The molecule has 0 saturated heterocycles. The highest BCUT2D eigenvalue weighted by Gasteiger charge is 2.35. The maximum Gasteiger partial charge on any atom is 0.201 e. The lowest BCUT2D eigenvalue weighted by Gasteiger charge is -2.35. The van der Waals surface area contributed by atoms with Crippen molar-refractivity contribution < 1.29 is 18.6 Å². The van der Waals surface area contributed by atoms with Crippen LogP contribution >= 0.6 is 0 Å². The topological polar surface area (TPSA) is 29.5 Å². The minimum absolute atomic E-state index is 0.168. The molecule has 2 rings (SSSR count). The maximum atomic E-state index is 13.4. The predicted octanol–water partition coefficient (Wildman–Crippen LogP) is 2.56. The second kappa shape index (κ2) is 3.17. The Bertz CT molecular complexity index is 402. The van der Waals surface area contributed by atoms with Crippen LogP contribution in [0, 0.1) is 11.6 Å². The molecule has 0 aliphatic carbocycles. The number of benzene rings is 1. The third-order valence-electron chi connectivity index (χ3n) is 2.50. The smallest absolute Gasteiger partial charge is 0.201 e. The van der Waals surface area contributed by atoms with Crippen molar-refractivity contribution in [3.05, 3.63) is 29.3 Å². The Morgan fingerprint density at radius 3 is 2.73 bits per heavy atom. The predicted molar refractivity (Wildman–Crippen MR) is 50.6 cm³/mol. The molecule has 0 fully saturated rings. The first-order chi connectivity index (χ1) is 6.91. The molecule has 0 aromatic heterocycles. The van der Waals surface area contributed by atoms with E-state index < -0.39 is 23.3 Å². The van der Waals surface area contributed by atoms with Gasteiger partial charge in [0.2, 0.25) is 5.82 Å². The number of halogens is 2.